The Bertz CT molecular complexity index is 457. The van der Waals surface area contributed by atoms with Gasteiger partial charge in [0.2, 0.25) is 0 Å². The quantitative estimate of drug-likeness (QED) is 0.382. The van der Waals surface area contributed by atoms with Gasteiger partial charge in [0.25, 0.3) is 0 Å². The first-order valence-electron chi connectivity index (χ1n) is 7.18. The van der Waals surface area contributed by atoms with Gasteiger partial charge in [-0.15, -0.1) is 0 Å². The van der Waals surface area contributed by atoms with E-state index >= 15 is 0 Å². The Morgan fingerprint density at radius 1 is 1.35 bits per heavy atom. The van der Waals surface area contributed by atoms with E-state index in [1.54, 1.807) is 0 Å². The maximum absolute atomic E-state index is 8.70. The summed E-state index contributed by atoms with van der Waals surface area (Å²) in [6.07, 6.45) is 2.31. The molecule has 1 heterocycles. The van der Waals surface area contributed by atoms with Gasteiger partial charge in [-0.3, -0.25) is 0 Å². The summed E-state index contributed by atoms with van der Waals surface area (Å²) < 4.78 is 0. The minimum atomic E-state index is 0.152. The van der Waals surface area contributed by atoms with Crippen molar-refractivity contribution in [2.75, 3.05) is 31.6 Å². The lowest BCUT2D eigenvalue weighted by molar-refractivity contribution is 0.318. The van der Waals surface area contributed by atoms with Gasteiger partial charge in [0.15, 0.2) is 5.84 Å². The minimum Gasteiger partial charge on any atom is -0.409 e. The molecular formula is C15H24N4O. The lowest BCUT2D eigenvalue weighted by atomic mass is 10.1. The van der Waals surface area contributed by atoms with Gasteiger partial charge in [-0.05, 0) is 50.7 Å². The number of benzene rings is 1. The first-order chi connectivity index (χ1) is 9.65. The molecule has 1 aliphatic rings. The number of likely N-dealkylation sites (N-methyl/N-ethyl adjacent to an activating group) is 1. The number of nitrogens with zero attached hydrogens (tertiary/aromatic N) is 3. The number of anilines is 1. The van der Waals surface area contributed by atoms with E-state index in [2.05, 4.69) is 41.1 Å². The van der Waals surface area contributed by atoms with Crippen molar-refractivity contribution < 1.29 is 5.21 Å². The van der Waals surface area contributed by atoms with Crippen molar-refractivity contribution in [3.05, 3.63) is 29.8 Å². The van der Waals surface area contributed by atoms with Crippen molar-refractivity contribution >= 4 is 11.5 Å². The zero-order valence-corrected chi connectivity index (χ0v) is 12.3. The van der Waals surface area contributed by atoms with Gasteiger partial charge >= 0.3 is 0 Å². The van der Waals surface area contributed by atoms with Gasteiger partial charge in [0, 0.05) is 30.4 Å². The molecule has 20 heavy (non-hydrogen) atoms. The molecule has 0 spiro atoms. The van der Waals surface area contributed by atoms with Gasteiger partial charge in [-0.25, -0.2) is 0 Å². The predicted molar refractivity (Wildman–Crippen MR) is 82.5 cm³/mol. The highest BCUT2D eigenvalue weighted by atomic mass is 16.4. The molecule has 1 aromatic carbocycles. The average molecular weight is 276 g/mol. The van der Waals surface area contributed by atoms with Crippen molar-refractivity contribution in [3.63, 3.8) is 0 Å². The largest absolute Gasteiger partial charge is 0.409 e. The Kier molecular flexibility index (Phi) is 4.84. The number of oxime groups is 1. The van der Waals surface area contributed by atoms with Crippen molar-refractivity contribution in [1.29, 1.82) is 0 Å². The molecule has 0 bridgehead atoms. The monoisotopic (exact) mass is 276 g/mol. The lowest BCUT2D eigenvalue weighted by Crippen LogP contribution is -2.39. The van der Waals surface area contributed by atoms with Crippen LogP contribution < -0.4 is 10.6 Å². The Hall–Kier alpha value is -1.75. The Morgan fingerprint density at radius 3 is 2.65 bits per heavy atom. The van der Waals surface area contributed by atoms with Crippen LogP contribution in [0.15, 0.2) is 29.4 Å². The fourth-order valence-corrected chi connectivity index (χ4v) is 2.81. The molecule has 1 aromatic rings. The van der Waals surface area contributed by atoms with Gasteiger partial charge < -0.3 is 20.7 Å². The number of hydrogen-bond acceptors (Lipinski definition) is 4. The second-order valence-electron chi connectivity index (χ2n) is 5.40. The summed E-state index contributed by atoms with van der Waals surface area (Å²) in [5, 5.41) is 11.7. The van der Waals surface area contributed by atoms with Crippen LogP contribution in [0.3, 0.4) is 0 Å². The molecule has 3 N–H and O–H groups in total. The van der Waals surface area contributed by atoms with Crippen molar-refractivity contribution in [2.45, 2.75) is 25.8 Å². The summed E-state index contributed by atoms with van der Waals surface area (Å²) in [7, 11) is 2.19. The SMILES string of the molecule is CCC1CN(C)CCCN1c1ccc(/C(N)=N/O)cc1. The summed E-state index contributed by atoms with van der Waals surface area (Å²) in [6.45, 7) is 5.56. The smallest absolute Gasteiger partial charge is 0.170 e. The number of hydrogen-bond donors (Lipinski definition) is 2. The van der Waals surface area contributed by atoms with E-state index in [0.717, 1.165) is 31.6 Å². The van der Waals surface area contributed by atoms with Crippen LogP contribution in [0.4, 0.5) is 5.69 Å². The molecule has 0 aliphatic carbocycles. The molecule has 1 aliphatic heterocycles. The topological polar surface area (TPSA) is 65.1 Å². The molecular weight excluding hydrogens is 252 g/mol. The van der Waals surface area contributed by atoms with E-state index in [4.69, 9.17) is 10.9 Å². The maximum atomic E-state index is 8.70. The van der Waals surface area contributed by atoms with Crippen LogP contribution >= 0.6 is 0 Å². The molecule has 5 nitrogen and oxygen atoms in total. The van der Waals surface area contributed by atoms with Gasteiger partial charge in [0.1, 0.15) is 0 Å². The molecule has 1 fully saturated rings. The van der Waals surface area contributed by atoms with Crippen molar-refractivity contribution in [2.24, 2.45) is 10.9 Å². The molecule has 1 saturated heterocycles. The number of nitrogens with two attached hydrogens (primary N) is 1. The maximum Gasteiger partial charge on any atom is 0.170 e. The van der Waals surface area contributed by atoms with E-state index in [9.17, 15) is 0 Å². The summed E-state index contributed by atoms with van der Waals surface area (Å²) in [5.41, 5.74) is 7.56. The summed E-state index contributed by atoms with van der Waals surface area (Å²) in [6, 6.07) is 8.47. The molecule has 0 amide bonds. The molecule has 0 radical (unpaired) electrons. The third-order valence-corrected chi connectivity index (χ3v) is 3.98. The third-order valence-electron chi connectivity index (χ3n) is 3.98. The van der Waals surface area contributed by atoms with E-state index in [1.165, 1.54) is 12.1 Å². The first kappa shape index (κ1) is 14.7. The minimum absolute atomic E-state index is 0.152. The van der Waals surface area contributed by atoms with Crippen LogP contribution in [0.2, 0.25) is 0 Å². The Labute approximate surface area is 120 Å². The standard InChI is InChI=1S/C15H24N4O/c1-3-13-11-18(2)9-4-10-19(13)14-7-5-12(6-8-14)15(16)17-20/h5-8,13,20H,3-4,9-11H2,1-2H3,(H2,16,17). The summed E-state index contributed by atoms with van der Waals surface area (Å²) in [4.78, 5) is 4.87. The number of rotatable bonds is 3. The molecule has 0 aromatic heterocycles. The van der Waals surface area contributed by atoms with Crippen molar-refractivity contribution in [1.82, 2.24) is 4.90 Å². The zero-order valence-electron chi connectivity index (χ0n) is 12.3. The van der Waals surface area contributed by atoms with Crippen LogP contribution in [-0.4, -0.2) is 48.7 Å². The fourth-order valence-electron chi connectivity index (χ4n) is 2.81. The highest BCUT2D eigenvalue weighted by molar-refractivity contribution is 5.97. The van der Waals surface area contributed by atoms with Crippen molar-refractivity contribution in [3.8, 4) is 0 Å². The normalized spacial score (nSPS) is 21.8. The molecule has 5 heteroatoms. The summed E-state index contributed by atoms with van der Waals surface area (Å²) >= 11 is 0. The molecule has 110 valence electrons. The zero-order chi connectivity index (χ0) is 14.5. The number of amidine groups is 1. The highest BCUT2D eigenvalue weighted by Crippen LogP contribution is 2.22. The molecule has 0 saturated carbocycles. The Balaban J connectivity index is 2.20. The van der Waals surface area contributed by atoms with E-state index < -0.39 is 0 Å². The first-order valence-corrected chi connectivity index (χ1v) is 7.18. The second kappa shape index (κ2) is 6.61. The van der Waals surface area contributed by atoms with E-state index in [1.807, 2.05) is 12.1 Å². The predicted octanol–water partition coefficient (Wildman–Crippen LogP) is 1.70. The highest BCUT2D eigenvalue weighted by Gasteiger charge is 2.22. The molecule has 1 unspecified atom stereocenters. The van der Waals surface area contributed by atoms with Gasteiger partial charge in [-0.1, -0.05) is 12.1 Å². The van der Waals surface area contributed by atoms with Crippen LogP contribution in [-0.2, 0) is 0 Å². The van der Waals surface area contributed by atoms with Crippen LogP contribution in [0, 0.1) is 0 Å². The third kappa shape index (κ3) is 3.22. The average Bonchev–Trinajstić information content (AvgIpc) is 2.67. The van der Waals surface area contributed by atoms with Crippen LogP contribution in [0.5, 0.6) is 0 Å². The molecule has 2 rings (SSSR count). The second-order valence-corrected chi connectivity index (χ2v) is 5.40. The van der Waals surface area contributed by atoms with Gasteiger partial charge in [0.05, 0.1) is 0 Å². The van der Waals surface area contributed by atoms with Gasteiger partial charge in [-0.2, -0.15) is 0 Å². The van der Waals surface area contributed by atoms with Crippen LogP contribution in [0.25, 0.3) is 0 Å². The van der Waals surface area contributed by atoms with E-state index in [0.29, 0.717) is 6.04 Å². The fraction of sp³-hybridized carbons (Fsp3) is 0.533. The lowest BCUT2D eigenvalue weighted by Gasteiger charge is -2.32. The summed E-state index contributed by atoms with van der Waals surface area (Å²) in [5.74, 6) is 0.152. The Morgan fingerprint density at radius 2 is 2.05 bits per heavy atom. The van der Waals surface area contributed by atoms with Crippen LogP contribution in [0.1, 0.15) is 25.3 Å². The molecule has 1 atom stereocenters. The van der Waals surface area contributed by atoms with E-state index in [-0.39, 0.29) is 5.84 Å².